The van der Waals surface area contributed by atoms with E-state index < -0.39 is 0 Å². The van der Waals surface area contributed by atoms with Crippen LogP contribution < -0.4 is 5.73 Å². The summed E-state index contributed by atoms with van der Waals surface area (Å²) in [6.45, 7) is 11.4. The van der Waals surface area contributed by atoms with Crippen LogP contribution >= 0.6 is 0 Å². The third kappa shape index (κ3) is 6.05. The van der Waals surface area contributed by atoms with Crippen molar-refractivity contribution >= 4 is 5.78 Å². The Morgan fingerprint density at radius 3 is 1.55 bits per heavy atom. The van der Waals surface area contributed by atoms with E-state index in [1.165, 1.54) is 6.92 Å². The lowest BCUT2D eigenvalue weighted by atomic mass is 9.85. The molecule has 0 fully saturated rings. The van der Waals surface area contributed by atoms with Crippen molar-refractivity contribution in [3.8, 4) is 0 Å². The lowest BCUT2D eigenvalue weighted by Gasteiger charge is -2.23. The molecule has 0 rings (SSSR count). The van der Waals surface area contributed by atoms with Gasteiger partial charge in [-0.3, -0.25) is 4.79 Å². The standard InChI is InChI=1S/C7H15NO.C2H6/c1-5(9)6(8)7(2,3)4;1-2/h6H,8H2,1-4H3;1-2H3. The van der Waals surface area contributed by atoms with Crippen LogP contribution in [0.25, 0.3) is 0 Å². The summed E-state index contributed by atoms with van der Waals surface area (Å²) in [5.74, 6) is 0.0579. The SMILES string of the molecule is CC.CC(=O)C(N)C(C)(C)C. The minimum atomic E-state index is -0.322. The van der Waals surface area contributed by atoms with Gasteiger partial charge >= 0.3 is 0 Å². The summed E-state index contributed by atoms with van der Waals surface area (Å²) in [5.41, 5.74) is 5.45. The highest BCUT2D eigenvalue weighted by Crippen LogP contribution is 2.17. The second kappa shape index (κ2) is 5.30. The second-order valence-electron chi connectivity index (χ2n) is 3.45. The quantitative estimate of drug-likeness (QED) is 0.635. The van der Waals surface area contributed by atoms with Crippen LogP contribution in [0.1, 0.15) is 41.5 Å². The smallest absolute Gasteiger partial charge is 0.146 e. The highest BCUT2D eigenvalue weighted by Gasteiger charge is 2.23. The molecule has 0 amide bonds. The first-order chi connectivity index (χ1) is 4.85. The van der Waals surface area contributed by atoms with E-state index in [1.807, 2.05) is 34.6 Å². The molecule has 0 aromatic carbocycles. The largest absolute Gasteiger partial charge is 0.321 e. The maximum Gasteiger partial charge on any atom is 0.146 e. The van der Waals surface area contributed by atoms with Crippen molar-refractivity contribution in [2.24, 2.45) is 11.1 Å². The van der Waals surface area contributed by atoms with Crippen LogP contribution in [0.4, 0.5) is 0 Å². The third-order valence-corrected chi connectivity index (χ3v) is 1.37. The molecule has 0 saturated carbocycles. The summed E-state index contributed by atoms with van der Waals surface area (Å²) in [7, 11) is 0. The number of nitrogens with two attached hydrogens (primary N) is 1. The highest BCUT2D eigenvalue weighted by molar-refractivity contribution is 5.81. The minimum Gasteiger partial charge on any atom is -0.321 e. The van der Waals surface area contributed by atoms with Crippen LogP contribution in [0.5, 0.6) is 0 Å². The number of hydrogen-bond acceptors (Lipinski definition) is 2. The number of ketones is 1. The lowest BCUT2D eigenvalue weighted by Crippen LogP contribution is -2.40. The van der Waals surface area contributed by atoms with Crippen molar-refractivity contribution in [1.82, 2.24) is 0 Å². The van der Waals surface area contributed by atoms with E-state index in [-0.39, 0.29) is 17.2 Å². The molecule has 0 saturated heterocycles. The van der Waals surface area contributed by atoms with Crippen molar-refractivity contribution in [3.63, 3.8) is 0 Å². The maximum atomic E-state index is 10.7. The van der Waals surface area contributed by atoms with Gasteiger partial charge in [0.1, 0.15) is 5.78 Å². The molecular formula is C9H21NO. The molecule has 0 bridgehead atoms. The van der Waals surface area contributed by atoms with Crippen molar-refractivity contribution < 1.29 is 4.79 Å². The molecule has 2 heteroatoms. The van der Waals surface area contributed by atoms with Gasteiger partial charge in [-0.25, -0.2) is 0 Å². The Balaban J connectivity index is 0. The first-order valence-corrected chi connectivity index (χ1v) is 4.11. The molecule has 1 unspecified atom stereocenters. The maximum absolute atomic E-state index is 10.7. The zero-order valence-corrected chi connectivity index (χ0v) is 8.56. The van der Waals surface area contributed by atoms with Gasteiger partial charge in [-0.2, -0.15) is 0 Å². The Morgan fingerprint density at radius 2 is 1.55 bits per heavy atom. The van der Waals surface area contributed by atoms with Gasteiger partial charge in [0.2, 0.25) is 0 Å². The molecule has 0 aromatic heterocycles. The van der Waals surface area contributed by atoms with E-state index in [2.05, 4.69) is 0 Å². The van der Waals surface area contributed by atoms with Crippen LogP contribution in [0.3, 0.4) is 0 Å². The zero-order valence-electron chi connectivity index (χ0n) is 8.56. The summed E-state index contributed by atoms with van der Waals surface area (Å²) in [5, 5.41) is 0. The van der Waals surface area contributed by atoms with Gasteiger partial charge < -0.3 is 5.73 Å². The minimum absolute atomic E-state index is 0.0579. The summed E-state index contributed by atoms with van der Waals surface area (Å²) in [6.07, 6.45) is 0. The van der Waals surface area contributed by atoms with Gasteiger partial charge in [0, 0.05) is 0 Å². The van der Waals surface area contributed by atoms with E-state index in [0.717, 1.165) is 0 Å². The zero-order chi connectivity index (χ0) is 9.65. The fraction of sp³-hybridized carbons (Fsp3) is 0.889. The molecule has 0 aliphatic heterocycles. The van der Waals surface area contributed by atoms with Gasteiger partial charge in [-0.05, 0) is 12.3 Å². The molecule has 2 N–H and O–H groups in total. The summed E-state index contributed by atoms with van der Waals surface area (Å²) >= 11 is 0. The summed E-state index contributed by atoms with van der Waals surface area (Å²) in [6, 6.07) is -0.322. The molecular weight excluding hydrogens is 138 g/mol. The summed E-state index contributed by atoms with van der Waals surface area (Å²) < 4.78 is 0. The Morgan fingerprint density at radius 1 is 1.27 bits per heavy atom. The molecule has 2 nitrogen and oxygen atoms in total. The van der Waals surface area contributed by atoms with Crippen LogP contribution in [0.15, 0.2) is 0 Å². The van der Waals surface area contributed by atoms with Gasteiger partial charge in [0.05, 0.1) is 6.04 Å². The molecule has 0 aliphatic rings. The van der Waals surface area contributed by atoms with E-state index in [9.17, 15) is 4.79 Å². The molecule has 0 radical (unpaired) electrons. The number of Topliss-reactive ketones (excluding diaryl/α,β-unsaturated/α-hetero) is 1. The van der Waals surface area contributed by atoms with Crippen molar-refractivity contribution in [3.05, 3.63) is 0 Å². The first kappa shape index (κ1) is 13.2. The number of carbonyl (C=O) groups excluding carboxylic acids is 1. The number of hydrogen-bond donors (Lipinski definition) is 1. The van der Waals surface area contributed by atoms with E-state index in [0.29, 0.717) is 0 Å². The molecule has 0 spiro atoms. The van der Waals surface area contributed by atoms with Gasteiger partial charge in [0.15, 0.2) is 0 Å². The molecule has 1 atom stereocenters. The van der Waals surface area contributed by atoms with Crippen LogP contribution in [0, 0.1) is 5.41 Å². The highest BCUT2D eigenvalue weighted by atomic mass is 16.1. The van der Waals surface area contributed by atoms with Gasteiger partial charge in [-0.1, -0.05) is 34.6 Å². The molecule has 68 valence electrons. The molecule has 0 heterocycles. The van der Waals surface area contributed by atoms with E-state index in [1.54, 1.807) is 0 Å². The van der Waals surface area contributed by atoms with Crippen molar-refractivity contribution in [2.45, 2.75) is 47.6 Å². The summed E-state index contributed by atoms with van der Waals surface area (Å²) in [4.78, 5) is 10.7. The van der Waals surface area contributed by atoms with E-state index >= 15 is 0 Å². The molecule has 11 heavy (non-hydrogen) atoms. The van der Waals surface area contributed by atoms with Gasteiger partial charge in [-0.15, -0.1) is 0 Å². The van der Waals surface area contributed by atoms with Crippen molar-refractivity contribution in [1.29, 1.82) is 0 Å². The predicted molar refractivity (Wildman–Crippen MR) is 49.5 cm³/mol. The monoisotopic (exact) mass is 159 g/mol. The fourth-order valence-electron chi connectivity index (χ4n) is 0.610. The molecule has 0 aliphatic carbocycles. The second-order valence-corrected chi connectivity index (χ2v) is 3.45. The van der Waals surface area contributed by atoms with Gasteiger partial charge in [0.25, 0.3) is 0 Å². The number of rotatable bonds is 1. The predicted octanol–water partition coefficient (Wildman–Crippen LogP) is 1.98. The first-order valence-electron chi connectivity index (χ1n) is 4.11. The average Bonchev–Trinajstić information content (AvgIpc) is 1.89. The lowest BCUT2D eigenvalue weighted by molar-refractivity contribution is -0.120. The Labute approximate surface area is 70.2 Å². The van der Waals surface area contributed by atoms with Crippen LogP contribution in [-0.4, -0.2) is 11.8 Å². The van der Waals surface area contributed by atoms with Crippen LogP contribution in [0.2, 0.25) is 0 Å². The van der Waals surface area contributed by atoms with Crippen LogP contribution in [-0.2, 0) is 4.79 Å². The average molecular weight is 159 g/mol. The topological polar surface area (TPSA) is 43.1 Å². The molecule has 0 aromatic rings. The fourth-order valence-corrected chi connectivity index (χ4v) is 0.610. The third-order valence-electron chi connectivity index (χ3n) is 1.37. The van der Waals surface area contributed by atoms with Crippen molar-refractivity contribution in [2.75, 3.05) is 0 Å². The normalized spacial score (nSPS) is 13.0. The number of carbonyl (C=O) groups is 1. The Bertz CT molecular complexity index is 113. The Kier molecular flexibility index (Phi) is 6.38. The Hall–Kier alpha value is -0.370. The van der Waals surface area contributed by atoms with E-state index in [4.69, 9.17) is 5.73 Å².